The van der Waals surface area contributed by atoms with Gasteiger partial charge in [0.05, 0.1) is 0 Å². The molecule has 0 radical (unpaired) electrons. The first-order chi connectivity index (χ1) is 6.09. The van der Waals surface area contributed by atoms with E-state index in [-0.39, 0.29) is 23.7 Å². The molecule has 1 aliphatic heterocycles. The SMILES string of the molecule is NC(=O)C[C@@H]1CNC[C@H]1CC(N)=O. The van der Waals surface area contributed by atoms with E-state index in [4.69, 9.17) is 11.5 Å². The fourth-order valence-electron chi connectivity index (χ4n) is 1.78. The number of carbonyl (C=O) groups excluding carboxylic acids is 2. The Morgan fingerprint density at radius 1 is 1.08 bits per heavy atom. The molecule has 5 nitrogen and oxygen atoms in total. The van der Waals surface area contributed by atoms with Crippen LogP contribution in [0.25, 0.3) is 0 Å². The lowest BCUT2D eigenvalue weighted by Gasteiger charge is -2.14. The smallest absolute Gasteiger partial charge is 0.217 e. The van der Waals surface area contributed by atoms with E-state index in [2.05, 4.69) is 5.32 Å². The summed E-state index contributed by atoms with van der Waals surface area (Å²) < 4.78 is 0. The third-order valence-electron chi connectivity index (χ3n) is 2.41. The van der Waals surface area contributed by atoms with Gasteiger partial charge >= 0.3 is 0 Å². The zero-order valence-electron chi connectivity index (χ0n) is 7.45. The number of hydrogen-bond acceptors (Lipinski definition) is 3. The number of nitrogens with one attached hydrogen (secondary N) is 1. The number of rotatable bonds is 4. The first-order valence-electron chi connectivity index (χ1n) is 4.37. The summed E-state index contributed by atoms with van der Waals surface area (Å²) in [6.07, 6.45) is 0.676. The van der Waals surface area contributed by atoms with Gasteiger partial charge in [-0.15, -0.1) is 0 Å². The average molecular weight is 185 g/mol. The van der Waals surface area contributed by atoms with E-state index in [0.29, 0.717) is 12.8 Å². The Labute approximate surface area is 76.8 Å². The molecular formula is C8H15N3O2. The molecule has 0 saturated carbocycles. The molecule has 1 heterocycles. The van der Waals surface area contributed by atoms with Crippen molar-refractivity contribution < 1.29 is 9.59 Å². The van der Waals surface area contributed by atoms with Crippen molar-refractivity contribution >= 4 is 11.8 Å². The lowest BCUT2D eigenvalue weighted by atomic mass is 9.90. The zero-order chi connectivity index (χ0) is 9.84. The van der Waals surface area contributed by atoms with Crippen LogP contribution in [0.1, 0.15) is 12.8 Å². The van der Waals surface area contributed by atoms with Crippen molar-refractivity contribution in [3.8, 4) is 0 Å². The molecule has 5 heteroatoms. The van der Waals surface area contributed by atoms with Crippen molar-refractivity contribution in [1.82, 2.24) is 5.32 Å². The van der Waals surface area contributed by atoms with Crippen molar-refractivity contribution in [2.45, 2.75) is 12.8 Å². The second kappa shape index (κ2) is 4.23. The largest absolute Gasteiger partial charge is 0.370 e. The number of carbonyl (C=O) groups is 2. The zero-order valence-corrected chi connectivity index (χ0v) is 7.45. The Balaban J connectivity index is 2.43. The lowest BCUT2D eigenvalue weighted by molar-refractivity contribution is -0.121. The molecule has 2 atom stereocenters. The number of amides is 2. The maximum Gasteiger partial charge on any atom is 0.217 e. The molecule has 13 heavy (non-hydrogen) atoms. The van der Waals surface area contributed by atoms with Crippen LogP contribution in [0.15, 0.2) is 0 Å². The van der Waals surface area contributed by atoms with Crippen LogP contribution >= 0.6 is 0 Å². The Morgan fingerprint density at radius 3 is 1.77 bits per heavy atom. The molecule has 0 aromatic carbocycles. The summed E-state index contributed by atoms with van der Waals surface area (Å²) in [7, 11) is 0. The quantitative estimate of drug-likeness (QED) is 0.501. The van der Waals surface area contributed by atoms with Crippen LogP contribution in [0.4, 0.5) is 0 Å². The van der Waals surface area contributed by atoms with Gasteiger partial charge in [-0.1, -0.05) is 0 Å². The number of primary amides is 2. The van der Waals surface area contributed by atoms with Crippen molar-refractivity contribution in [3.05, 3.63) is 0 Å². The molecule has 5 N–H and O–H groups in total. The fraction of sp³-hybridized carbons (Fsp3) is 0.750. The third-order valence-corrected chi connectivity index (χ3v) is 2.41. The van der Waals surface area contributed by atoms with Crippen molar-refractivity contribution in [1.29, 1.82) is 0 Å². The monoisotopic (exact) mass is 185 g/mol. The van der Waals surface area contributed by atoms with Gasteiger partial charge in [0.1, 0.15) is 0 Å². The molecule has 1 aliphatic rings. The summed E-state index contributed by atoms with van der Waals surface area (Å²) in [6.45, 7) is 1.50. The van der Waals surface area contributed by atoms with E-state index >= 15 is 0 Å². The Morgan fingerprint density at radius 2 is 1.46 bits per heavy atom. The lowest BCUT2D eigenvalue weighted by Crippen LogP contribution is -2.25. The second-order valence-corrected chi connectivity index (χ2v) is 3.52. The van der Waals surface area contributed by atoms with Crippen molar-refractivity contribution in [3.63, 3.8) is 0 Å². The number of hydrogen-bond donors (Lipinski definition) is 3. The van der Waals surface area contributed by atoms with Gasteiger partial charge in [0.15, 0.2) is 0 Å². The minimum atomic E-state index is -0.317. The third kappa shape index (κ3) is 3.02. The Bertz CT molecular complexity index is 195. The van der Waals surface area contributed by atoms with Gasteiger partial charge in [0, 0.05) is 12.8 Å². The molecule has 0 aromatic rings. The highest BCUT2D eigenvalue weighted by Gasteiger charge is 2.29. The topological polar surface area (TPSA) is 98.2 Å². The van der Waals surface area contributed by atoms with E-state index in [9.17, 15) is 9.59 Å². The molecule has 1 saturated heterocycles. The molecule has 1 rings (SSSR count). The molecule has 0 spiro atoms. The maximum atomic E-state index is 10.7. The molecule has 2 amide bonds. The van der Waals surface area contributed by atoms with Gasteiger partial charge in [0.2, 0.25) is 11.8 Å². The van der Waals surface area contributed by atoms with E-state index in [1.54, 1.807) is 0 Å². The summed E-state index contributed by atoms with van der Waals surface area (Å²) in [5, 5.41) is 3.12. The van der Waals surface area contributed by atoms with Gasteiger partial charge < -0.3 is 16.8 Å². The van der Waals surface area contributed by atoms with Crippen LogP contribution in [0.5, 0.6) is 0 Å². The Hall–Kier alpha value is -1.10. The average Bonchev–Trinajstić information content (AvgIpc) is 2.34. The van der Waals surface area contributed by atoms with Crippen LogP contribution < -0.4 is 16.8 Å². The Kier molecular flexibility index (Phi) is 3.25. The van der Waals surface area contributed by atoms with Crippen LogP contribution in [-0.2, 0) is 9.59 Å². The molecular weight excluding hydrogens is 170 g/mol. The van der Waals surface area contributed by atoms with E-state index < -0.39 is 0 Å². The summed E-state index contributed by atoms with van der Waals surface area (Å²) in [5.74, 6) is -0.290. The standard InChI is InChI=1S/C8H15N3O2/c9-7(12)1-5-3-11-4-6(5)2-8(10)13/h5-6,11H,1-4H2,(H2,9,12)(H2,10,13)/t5-,6-/m1/s1. The van der Waals surface area contributed by atoms with E-state index in [1.165, 1.54) is 0 Å². The van der Waals surface area contributed by atoms with Crippen molar-refractivity contribution in [2.24, 2.45) is 23.3 Å². The van der Waals surface area contributed by atoms with Gasteiger partial charge in [-0.3, -0.25) is 9.59 Å². The van der Waals surface area contributed by atoms with E-state index in [1.807, 2.05) is 0 Å². The summed E-state index contributed by atoms with van der Waals surface area (Å²) in [6, 6.07) is 0. The minimum absolute atomic E-state index is 0.171. The number of nitrogens with two attached hydrogens (primary N) is 2. The highest BCUT2D eigenvalue weighted by molar-refractivity contribution is 5.75. The van der Waals surface area contributed by atoms with Crippen LogP contribution in [-0.4, -0.2) is 24.9 Å². The molecule has 0 bridgehead atoms. The first-order valence-corrected chi connectivity index (χ1v) is 4.37. The minimum Gasteiger partial charge on any atom is -0.370 e. The van der Waals surface area contributed by atoms with Gasteiger partial charge in [-0.2, -0.15) is 0 Å². The maximum absolute atomic E-state index is 10.7. The molecule has 0 aliphatic carbocycles. The summed E-state index contributed by atoms with van der Waals surface area (Å²) in [4.78, 5) is 21.3. The van der Waals surface area contributed by atoms with Crippen LogP contribution in [0.3, 0.4) is 0 Å². The molecule has 74 valence electrons. The molecule has 1 fully saturated rings. The first kappa shape index (κ1) is 9.98. The highest BCUT2D eigenvalue weighted by Crippen LogP contribution is 2.22. The van der Waals surface area contributed by atoms with Crippen molar-refractivity contribution in [2.75, 3.05) is 13.1 Å². The predicted octanol–water partition coefficient (Wildman–Crippen LogP) is -1.43. The van der Waals surface area contributed by atoms with Crippen LogP contribution in [0.2, 0.25) is 0 Å². The van der Waals surface area contributed by atoms with Gasteiger partial charge in [0.25, 0.3) is 0 Å². The summed E-state index contributed by atoms with van der Waals surface area (Å²) >= 11 is 0. The van der Waals surface area contributed by atoms with Crippen LogP contribution in [0, 0.1) is 11.8 Å². The molecule has 0 unspecified atom stereocenters. The molecule has 0 aromatic heterocycles. The highest BCUT2D eigenvalue weighted by atomic mass is 16.1. The normalized spacial score (nSPS) is 27.4. The van der Waals surface area contributed by atoms with E-state index in [0.717, 1.165) is 13.1 Å². The second-order valence-electron chi connectivity index (χ2n) is 3.52. The predicted molar refractivity (Wildman–Crippen MR) is 47.5 cm³/mol. The summed E-state index contributed by atoms with van der Waals surface area (Å²) in [5.41, 5.74) is 10.2. The van der Waals surface area contributed by atoms with Gasteiger partial charge in [-0.25, -0.2) is 0 Å². The van der Waals surface area contributed by atoms with Gasteiger partial charge in [-0.05, 0) is 24.9 Å². The fourth-order valence-corrected chi connectivity index (χ4v) is 1.78.